The maximum atomic E-state index is 13.4. The first kappa shape index (κ1) is 26.6. The van der Waals surface area contributed by atoms with Crippen LogP contribution in [-0.2, 0) is 28.5 Å². The number of methoxy groups -OCH3 is 2. The normalized spacial score (nSPS) is 35.2. The van der Waals surface area contributed by atoms with E-state index in [-0.39, 0.29) is 67.1 Å². The summed E-state index contributed by atoms with van der Waals surface area (Å²) in [5.74, 6) is -0.260. The lowest BCUT2D eigenvalue weighted by Crippen LogP contribution is -2.59. The number of nitrogens with two attached hydrogens (primary N) is 1. The lowest BCUT2D eigenvalue weighted by Gasteiger charge is -2.46. The Morgan fingerprint density at radius 3 is 2.37 bits per heavy atom. The predicted octanol–water partition coefficient (Wildman–Crippen LogP) is 2.33. The zero-order valence-corrected chi connectivity index (χ0v) is 22.9. The number of phenolic OH excluding ortho intramolecular Hbond substituents is 1. The van der Waals surface area contributed by atoms with Gasteiger partial charge < -0.3 is 53.5 Å². The quantitative estimate of drug-likeness (QED) is 0.508. The Labute approximate surface area is 236 Å². The average molecular weight is 572 g/mol. The Morgan fingerprint density at radius 2 is 1.66 bits per heavy atom. The average Bonchev–Trinajstić information content (AvgIpc) is 3.59. The van der Waals surface area contributed by atoms with Crippen molar-refractivity contribution in [2.45, 2.75) is 56.2 Å². The molecule has 0 aromatic heterocycles. The zero-order chi connectivity index (χ0) is 28.4. The standard InChI is InChI=1S/C29H33NO11/c1-12-35-10-22-28(39-12)17(30)8-23(40-22)41-27-15-7-19-18(37-11-38-19)6-14(15)24(25-16(27)9-36-29(25)32)13-4-20(33-2)26(31)21(5-13)34-3/h4-7,12,16-17,22-25,27-28,31H,8-11,30H2,1-3H3/t12?,16-,17?,22?,23?,24+,25-,27+,28?/m0/s1. The van der Waals surface area contributed by atoms with E-state index in [2.05, 4.69) is 0 Å². The predicted molar refractivity (Wildman–Crippen MR) is 139 cm³/mol. The van der Waals surface area contributed by atoms with E-state index in [1.54, 1.807) is 12.1 Å². The zero-order valence-electron chi connectivity index (χ0n) is 22.9. The minimum absolute atomic E-state index is 0.0895. The van der Waals surface area contributed by atoms with Crippen molar-refractivity contribution in [2.75, 3.05) is 34.2 Å². The van der Waals surface area contributed by atoms with Crippen LogP contribution in [0.5, 0.6) is 28.7 Å². The molecule has 0 spiro atoms. The van der Waals surface area contributed by atoms with Crippen molar-refractivity contribution in [2.24, 2.45) is 17.6 Å². The molecule has 0 saturated carbocycles. The molecule has 7 rings (SSSR count). The van der Waals surface area contributed by atoms with Crippen LogP contribution < -0.4 is 24.7 Å². The third kappa shape index (κ3) is 4.36. The number of fused-ring (bicyclic) bond motifs is 4. The first-order valence-electron chi connectivity index (χ1n) is 13.7. The van der Waals surface area contributed by atoms with Crippen LogP contribution in [0.3, 0.4) is 0 Å². The highest BCUT2D eigenvalue weighted by Crippen LogP contribution is 2.57. The molecule has 3 fully saturated rings. The van der Waals surface area contributed by atoms with Gasteiger partial charge in [0.2, 0.25) is 12.5 Å². The van der Waals surface area contributed by atoms with Gasteiger partial charge in [0.1, 0.15) is 12.2 Å². The van der Waals surface area contributed by atoms with E-state index >= 15 is 0 Å². The van der Waals surface area contributed by atoms with Crippen LogP contribution in [0.4, 0.5) is 0 Å². The molecule has 12 nitrogen and oxygen atoms in total. The van der Waals surface area contributed by atoms with Gasteiger partial charge in [-0.2, -0.15) is 0 Å². The van der Waals surface area contributed by atoms with Crippen LogP contribution in [0.2, 0.25) is 0 Å². The monoisotopic (exact) mass is 571 g/mol. The number of rotatable bonds is 5. The van der Waals surface area contributed by atoms with Crippen molar-refractivity contribution in [1.29, 1.82) is 0 Å². The number of phenols is 1. The van der Waals surface area contributed by atoms with E-state index in [1.807, 2.05) is 19.1 Å². The van der Waals surface area contributed by atoms with Crippen molar-refractivity contribution in [1.82, 2.24) is 0 Å². The molecule has 41 heavy (non-hydrogen) atoms. The van der Waals surface area contributed by atoms with Crippen LogP contribution in [0.25, 0.3) is 0 Å². The van der Waals surface area contributed by atoms with Crippen molar-refractivity contribution in [3.05, 3.63) is 41.0 Å². The van der Waals surface area contributed by atoms with Crippen LogP contribution >= 0.6 is 0 Å². The molecule has 220 valence electrons. The molecule has 4 aliphatic heterocycles. The maximum absolute atomic E-state index is 13.4. The number of carbonyl (C=O) groups excluding carboxylic acids is 1. The Hall–Kier alpha value is -3.29. The Balaban J connectivity index is 1.30. The molecule has 0 radical (unpaired) electrons. The number of benzene rings is 2. The number of cyclic esters (lactones) is 1. The van der Waals surface area contributed by atoms with E-state index < -0.39 is 24.2 Å². The topological polar surface area (TPSA) is 146 Å². The summed E-state index contributed by atoms with van der Waals surface area (Å²) < 4.78 is 52.5. The third-order valence-electron chi connectivity index (χ3n) is 8.70. The van der Waals surface area contributed by atoms with Gasteiger partial charge >= 0.3 is 5.97 Å². The molecule has 12 heteroatoms. The molecule has 1 aliphatic carbocycles. The number of carbonyl (C=O) groups is 1. The van der Waals surface area contributed by atoms with Crippen LogP contribution in [0.15, 0.2) is 24.3 Å². The van der Waals surface area contributed by atoms with E-state index in [1.165, 1.54) is 14.2 Å². The minimum Gasteiger partial charge on any atom is -0.502 e. The van der Waals surface area contributed by atoms with E-state index in [0.717, 1.165) is 11.1 Å². The van der Waals surface area contributed by atoms with E-state index in [0.29, 0.717) is 30.1 Å². The van der Waals surface area contributed by atoms with Gasteiger partial charge in [-0.15, -0.1) is 0 Å². The molecule has 0 amide bonds. The summed E-state index contributed by atoms with van der Waals surface area (Å²) in [7, 11) is 2.92. The molecular formula is C29H33NO11. The lowest BCUT2D eigenvalue weighted by molar-refractivity contribution is -0.322. The molecule has 9 atom stereocenters. The largest absolute Gasteiger partial charge is 0.502 e. The van der Waals surface area contributed by atoms with Crippen molar-refractivity contribution >= 4 is 5.97 Å². The second-order valence-electron chi connectivity index (χ2n) is 11.0. The van der Waals surface area contributed by atoms with Gasteiger partial charge in [0.15, 0.2) is 35.6 Å². The molecule has 3 saturated heterocycles. The van der Waals surface area contributed by atoms with Crippen molar-refractivity contribution in [3.63, 3.8) is 0 Å². The Morgan fingerprint density at radius 1 is 0.951 bits per heavy atom. The SMILES string of the molecule is COc1cc([C@@H]2c3cc4c(cc3[C@@H](OC3CC(N)C5OC(C)OCC5O3)[C@H]3COC(=O)[C@H]23)OCO4)cc(OC)c1O. The molecule has 0 bridgehead atoms. The van der Waals surface area contributed by atoms with Gasteiger partial charge in [0, 0.05) is 24.3 Å². The smallest absolute Gasteiger partial charge is 0.310 e. The van der Waals surface area contributed by atoms with Crippen molar-refractivity contribution < 1.29 is 52.5 Å². The summed E-state index contributed by atoms with van der Waals surface area (Å²) in [4.78, 5) is 13.4. The third-order valence-corrected chi connectivity index (χ3v) is 8.70. The fourth-order valence-corrected chi connectivity index (χ4v) is 6.80. The Bertz CT molecular complexity index is 1330. The van der Waals surface area contributed by atoms with Crippen LogP contribution in [0.1, 0.15) is 42.1 Å². The molecule has 5 aliphatic rings. The second-order valence-corrected chi connectivity index (χ2v) is 11.0. The minimum atomic E-state index is -0.656. The molecule has 4 heterocycles. The number of esters is 1. The first-order valence-corrected chi connectivity index (χ1v) is 13.7. The summed E-state index contributed by atoms with van der Waals surface area (Å²) in [6.07, 6.45) is -1.83. The van der Waals surface area contributed by atoms with Gasteiger partial charge in [-0.3, -0.25) is 4.79 Å². The van der Waals surface area contributed by atoms with E-state index in [9.17, 15) is 9.90 Å². The molecule has 5 unspecified atom stereocenters. The summed E-state index contributed by atoms with van der Waals surface area (Å²) in [5.41, 5.74) is 8.86. The number of hydrogen-bond donors (Lipinski definition) is 2. The molecule has 2 aromatic rings. The fraction of sp³-hybridized carbons (Fsp3) is 0.552. The van der Waals surface area contributed by atoms with Crippen LogP contribution in [0, 0.1) is 11.8 Å². The van der Waals surface area contributed by atoms with Crippen LogP contribution in [-0.4, -0.2) is 76.1 Å². The van der Waals surface area contributed by atoms with E-state index in [4.69, 9.17) is 48.4 Å². The molecule has 2 aromatic carbocycles. The van der Waals surface area contributed by atoms with Gasteiger partial charge in [0.25, 0.3) is 0 Å². The number of aromatic hydroxyl groups is 1. The summed E-state index contributed by atoms with van der Waals surface area (Å²) in [6.45, 7) is 2.44. The maximum Gasteiger partial charge on any atom is 0.310 e. The van der Waals surface area contributed by atoms with Gasteiger partial charge in [-0.05, 0) is 47.9 Å². The number of ether oxygens (including phenoxy) is 9. The molecule has 3 N–H and O–H groups in total. The summed E-state index contributed by atoms with van der Waals surface area (Å²) >= 11 is 0. The van der Waals surface area contributed by atoms with Crippen molar-refractivity contribution in [3.8, 4) is 28.7 Å². The fourth-order valence-electron chi connectivity index (χ4n) is 6.80. The second kappa shape index (κ2) is 10.2. The highest BCUT2D eigenvalue weighted by atomic mass is 16.7. The number of hydrogen-bond acceptors (Lipinski definition) is 12. The highest BCUT2D eigenvalue weighted by molar-refractivity contribution is 5.79. The Kier molecular flexibility index (Phi) is 6.62. The summed E-state index contributed by atoms with van der Waals surface area (Å²) in [6, 6.07) is 6.91. The van der Waals surface area contributed by atoms with Gasteiger partial charge in [-0.1, -0.05) is 0 Å². The lowest BCUT2D eigenvalue weighted by atomic mass is 9.66. The first-order chi connectivity index (χ1) is 19.9. The highest BCUT2D eigenvalue weighted by Gasteiger charge is 2.54. The molecular weight excluding hydrogens is 538 g/mol. The van der Waals surface area contributed by atoms with Gasteiger partial charge in [-0.25, -0.2) is 0 Å². The summed E-state index contributed by atoms with van der Waals surface area (Å²) in [5, 5.41) is 10.6. The van der Waals surface area contributed by atoms with Gasteiger partial charge in [0.05, 0.1) is 39.5 Å².